The third-order valence-corrected chi connectivity index (χ3v) is 8.84. The summed E-state index contributed by atoms with van der Waals surface area (Å²) in [6.07, 6.45) is 22.4. The molecule has 0 amide bonds. The Morgan fingerprint density at radius 1 is 1.03 bits per heavy atom. The number of anilines is 1. The van der Waals surface area contributed by atoms with Gasteiger partial charge in [0, 0.05) is 17.9 Å². The Bertz CT molecular complexity index is 856. The van der Waals surface area contributed by atoms with Gasteiger partial charge in [-0.25, -0.2) is 4.98 Å². The van der Waals surface area contributed by atoms with Gasteiger partial charge in [0.25, 0.3) is 0 Å². The van der Waals surface area contributed by atoms with Gasteiger partial charge in [-0.05, 0) is 44.2 Å². The molecule has 2 N–H and O–H groups in total. The molecule has 6 heteroatoms. The van der Waals surface area contributed by atoms with E-state index in [-0.39, 0.29) is 11.8 Å². The number of carbonyl (C=O) groups excluding carboxylic acids is 1. The normalized spacial score (nSPS) is 18.9. The first-order valence-corrected chi connectivity index (χ1v) is 15.3. The monoisotopic (exact) mass is 516 g/mol. The number of thiazole rings is 1. The average Bonchev–Trinajstić information content (AvgIpc) is 3.56. The van der Waals surface area contributed by atoms with Gasteiger partial charge in [-0.2, -0.15) is 0 Å². The molecule has 1 fully saturated rings. The van der Waals surface area contributed by atoms with Crippen LogP contribution in [0.5, 0.6) is 0 Å². The number of nitrogens with zero attached hydrogens (tertiary/aromatic N) is 1. The van der Waals surface area contributed by atoms with Gasteiger partial charge < -0.3 is 14.9 Å². The Morgan fingerprint density at radius 3 is 2.19 bits per heavy atom. The summed E-state index contributed by atoms with van der Waals surface area (Å²) in [5, 5.41) is 0.506. The summed E-state index contributed by atoms with van der Waals surface area (Å²) in [6.45, 7) is 2.27. The molecule has 1 aliphatic rings. The van der Waals surface area contributed by atoms with Crippen LogP contribution in [0, 0.1) is 5.92 Å². The molecule has 0 aromatic carbocycles. The number of aromatic nitrogens is 1. The lowest BCUT2D eigenvalue weighted by Gasteiger charge is -2.29. The molecule has 0 saturated heterocycles. The molecule has 1 atom stereocenters. The number of unbranched alkanes of at least 4 members (excludes halogenated alkanes) is 11. The van der Waals surface area contributed by atoms with Crippen LogP contribution in [-0.2, 0) is 9.53 Å². The molecule has 2 heterocycles. The third kappa shape index (κ3) is 9.02. The van der Waals surface area contributed by atoms with E-state index in [1.165, 1.54) is 82.0 Å². The highest BCUT2D eigenvalue weighted by atomic mass is 32.1. The van der Waals surface area contributed by atoms with E-state index in [0.29, 0.717) is 22.8 Å². The van der Waals surface area contributed by atoms with Gasteiger partial charge >= 0.3 is 0 Å². The smallest absolute Gasteiger partial charge is 0.180 e. The van der Waals surface area contributed by atoms with Crippen molar-refractivity contribution in [2.75, 3.05) is 12.8 Å². The molecule has 1 aliphatic carbocycles. The lowest BCUT2D eigenvalue weighted by Crippen LogP contribution is -2.29. The van der Waals surface area contributed by atoms with Crippen LogP contribution in [0.4, 0.5) is 5.13 Å². The maximum Gasteiger partial charge on any atom is 0.180 e. The highest BCUT2D eigenvalue weighted by Crippen LogP contribution is 2.41. The molecule has 5 nitrogen and oxygen atoms in total. The minimum atomic E-state index is -0.146. The number of rotatable bonds is 18. The predicted molar refractivity (Wildman–Crippen MR) is 150 cm³/mol. The highest BCUT2D eigenvalue weighted by molar-refractivity contribution is 7.16. The fourth-order valence-electron chi connectivity index (χ4n) is 5.63. The van der Waals surface area contributed by atoms with Gasteiger partial charge in [0.05, 0.1) is 18.3 Å². The van der Waals surface area contributed by atoms with Crippen LogP contribution in [0.3, 0.4) is 0 Å². The number of carbonyl (C=O) groups is 1. The van der Waals surface area contributed by atoms with E-state index in [4.69, 9.17) is 14.9 Å². The molecule has 0 radical (unpaired) electrons. The van der Waals surface area contributed by atoms with Gasteiger partial charge in [-0.1, -0.05) is 84.0 Å². The second-order valence-electron chi connectivity index (χ2n) is 10.6. The van der Waals surface area contributed by atoms with Crippen molar-refractivity contribution in [3.8, 4) is 11.5 Å². The average molecular weight is 517 g/mol. The van der Waals surface area contributed by atoms with Crippen LogP contribution in [-0.4, -0.2) is 24.0 Å². The number of hydrogen-bond acceptors (Lipinski definition) is 6. The Labute approximate surface area is 222 Å². The van der Waals surface area contributed by atoms with Crippen LogP contribution < -0.4 is 5.73 Å². The molecule has 0 bridgehead atoms. The topological polar surface area (TPSA) is 78.4 Å². The molecule has 1 saturated carbocycles. The zero-order chi connectivity index (χ0) is 25.6. The van der Waals surface area contributed by atoms with E-state index >= 15 is 0 Å². The first kappa shape index (κ1) is 28.9. The Balaban J connectivity index is 1.51. The van der Waals surface area contributed by atoms with E-state index in [0.717, 1.165) is 49.1 Å². The molecule has 0 spiro atoms. The molecule has 2 aromatic rings. The SMILES string of the molecule is CCCCCCCCCCCCCCC(C(=O)C1CCC(OC)CC1)c1sc(N)nc1-c1ccco1. The van der Waals surface area contributed by atoms with Crippen molar-refractivity contribution >= 4 is 22.3 Å². The molecular formula is C30H48N2O3S. The number of hydrogen-bond donors (Lipinski definition) is 1. The summed E-state index contributed by atoms with van der Waals surface area (Å²) in [7, 11) is 1.78. The number of nitrogens with two attached hydrogens (primary N) is 1. The molecule has 36 heavy (non-hydrogen) atoms. The van der Waals surface area contributed by atoms with E-state index in [2.05, 4.69) is 11.9 Å². The number of furan rings is 1. The van der Waals surface area contributed by atoms with Crippen molar-refractivity contribution in [3.05, 3.63) is 23.3 Å². The maximum atomic E-state index is 13.8. The molecule has 3 rings (SSSR count). The zero-order valence-corrected chi connectivity index (χ0v) is 23.5. The second kappa shape index (κ2) is 16.2. The van der Waals surface area contributed by atoms with Gasteiger partial charge in [-0.3, -0.25) is 4.79 Å². The minimum absolute atomic E-state index is 0.103. The number of nitrogen functional groups attached to an aromatic ring is 1. The summed E-state index contributed by atoms with van der Waals surface area (Å²) >= 11 is 1.46. The van der Waals surface area contributed by atoms with Gasteiger partial charge in [0.2, 0.25) is 0 Å². The Kier molecular flexibility index (Phi) is 13.0. The highest BCUT2D eigenvalue weighted by Gasteiger charge is 2.34. The fraction of sp³-hybridized carbons (Fsp3) is 0.733. The summed E-state index contributed by atoms with van der Waals surface area (Å²) in [6, 6.07) is 3.77. The Hall–Kier alpha value is -1.66. The molecule has 1 unspecified atom stereocenters. The summed E-state index contributed by atoms with van der Waals surface area (Å²) in [4.78, 5) is 19.4. The third-order valence-electron chi connectivity index (χ3n) is 7.84. The zero-order valence-electron chi connectivity index (χ0n) is 22.6. The lowest BCUT2D eigenvalue weighted by molar-refractivity contribution is -0.126. The number of ether oxygens (including phenoxy) is 1. The predicted octanol–water partition coefficient (Wildman–Crippen LogP) is 8.93. The Morgan fingerprint density at radius 2 is 1.64 bits per heavy atom. The molecule has 2 aromatic heterocycles. The molecule has 0 aliphatic heterocycles. The number of methoxy groups -OCH3 is 1. The van der Waals surface area contributed by atoms with E-state index < -0.39 is 0 Å². The van der Waals surface area contributed by atoms with Crippen LogP contribution in [0.1, 0.15) is 127 Å². The van der Waals surface area contributed by atoms with Crippen molar-refractivity contribution < 1.29 is 13.9 Å². The summed E-state index contributed by atoms with van der Waals surface area (Å²) < 4.78 is 11.2. The van der Waals surface area contributed by atoms with Gasteiger partial charge in [0.1, 0.15) is 11.5 Å². The van der Waals surface area contributed by atoms with Crippen LogP contribution in [0.2, 0.25) is 0 Å². The van der Waals surface area contributed by atoms with Crippen molar-refractivity contribution in [2.24, 2.45) is 5.92 Å². The van der Waals surface area contributed by atoms with Crippen LogP contribution in [0.25, 0.3) is 11.5 Å². The van der Waals surface area contributed by atoms with Crippen LogP contribution in [0.15, 0.2) is 22.8 Å². The molecule has 202 valence electrons. The maximum absolute atomic E-state index is 13.8. The largest absolute Gasteiger partial charge is 0.463 e. The van der Waals surface area contributed by atoms with Crippen molar-refractivity contribution in [1.82, 2.24) is 4.98 Å². The fourth-order valence-corrected chi connectivity index (χ4v) is 6.62. The standard InChI is InChI=1S/C30H48N2O3S/c1-3-4-5-6-7-8-9-10-11-12-13-14-16-25(28(33)23-18-20-24(34-2)21-19-23)29-27(32-30(31)36-29)26-17-15-22-35-26/h15,17,22-25H,3-14,16,18-21H2,1-2H3,(H2,31,32). The summed E-state index contributed by atoms with van der Waals surface area (Å²) in [5.74, 6) is 1.02. The second-order valence-corrected chi connectivity index (χ2v) is 11.6. The quantitative estimate of drug-likeness (QED) is 0.200. The van der Waals surface area contributed by atoms with Crippen molar-refractivity contribution in [1.29, 1.82) is 0 Å². The first-order valence-electron chi connectivity index (χ1n) is 14.5. The van der Waals surface area contributed by atoms with E-state index in [1.54, 1.807) is 13.4 Å². The first-order chi connectivity index (χ1) is 17.6. The summed E-state index contributed by atoms with van der Waals surface area (Å²) in [5.41, 5.74) is 6.90. The van der Waals surface area contributed by atoms with Crippen molar-refractivity contribution in [3.63, 3.8) is 0 Å². The number of Topliss-reactive ketones (excluding diaryl/α,β-unsaturated/α-hetero) is 1. The lowest BCUT2D eigenvalue weighted by atomic mass is 9.78. The van der Waals surface area contributed by atoms with Gasteiger partial charge in [-0.15, -0.1) is 11.3 Å². The van der Waals surface area contributed by atoms with Crippen LogP contribution >= 0.6 is 11.3 Å². The minimum Gasteiger partial charge on any atom is -0.463 e. The van der Waals surface area contributed by atoms with Gasteiger partial charge in [0.15, 0.2) is 10.9 Å². The van der Waals surface area contributed by atoms with E-state index in [1.807, 2.05) is 12.1 Å². The van der Waals surface area contributed by atoms with E-state index in [9.17, 15) is 4.79 Å². The number of ketones is 1. The van der Waals surface area contributed by atoms with Crippen molar-refractivity contribution in [2.45, 2.75) is 128 Å². The molecular weight excluding hydrogens is 468 g/mol.